The van der Waals surface area contributed by atoms with Crippen molar-refractivity contribution in [1.29, 1.82) is 0 Å². The van der Waals surface area contributed by atoms with Crippen molar-refractivity contribution in [2.24, 2.45) is 5.73 Å². The topological polar surface area (TPSA) is 90.2 Å². The molecule has 1 amide bonds. The molecule has 0 bridgehead atoms. The molecule has 0 radical (unpaired) electrons. The van der Waals surface area contributed by atoms with Gasteiger partial charge in [-0.15, -0.1) is 0 Å². The van der Waals surface area contributed by atoms with Gasteiger partial charge < -0.3 is 16.4 Å². The molecule has 1 fully saturated rings. The van der Waals surface area contributed by atoms with E-state index in [1.54, 1.807) is 4.68 Å². The van der Waals surface area contributed by atoms with Crippen LogP contribution in [0.3, 0.4) is 0 Å². The number of likely N-dealkylation sites (N-methyl/N-ethyl adjacent to an activating group) is 1. The van der Waals surface area contributed by atoms with Crippen LogP contribution in [-0.2, 0) is 12.8 Å². The quantitative estimate of drug-likeness (QED) is 0.619. The average Bonchev–Trinajstić information content (AvgIpc) is 3.12. The fourth-order valence-corrected chi connectivity index (χ4v) is 4.59. The number of nitrogens with zero attached hydrogens (tertiary/aromatic N) is 3. The van der Waals surface area contributed by atoms with Crippen LogP contribution in [0.1, 0.15) is 51.5 Å². The van der Waals surface area contributed by atoms with Gasteiger partial charge in [-0.1, -0.05) is 42.5 Å². The first kappa shape index (κ1) is 22.1. The Hall–Kier alpha value is -3.12. The molecule has 1 aliphatic rings. The summed E-state index contributed by atoms with van der Waals surface area (Å²) in [6, 6.07) is 15.0. The fourth-order valence-electron chi connectivity index (χ4n) is 4.59. The van der Waals surface area contributed by atoms with E-state index >= 15 is 0 Å². The molecule has 1 saturated heterocycles. The number of aryl methyl sites for hydroxylation is 4. The largest absolute Gasteiger partial charge is 0.383 e. The highest BCUT2D eigenvalue weighted by molar-refractivity contribution is 6.03. The molecule has 4 rings (SSSR count). The molecule has 6 heteroatoms. The number of nitrogens with two attached hydrogens (primary N) is 2. The Kier molecular flexibility index (Phi) is 6.33. The number of amides is 1. The Balaban J connectivity index is 1.55. The molecule has 32 heavy (non-hydrogen) atoms. The molecule has 1 atom stereocenters. The van der Waals surface area contributed by atoms with E-state index < -0.39 is 5.91 Å². The average molecular weight is 432 g/mol. The first-order valence-corrected chi connectivity index (χ1v) is 11.3. The van der Waals surface area contributed by atoms with Crippen LogP contribution in [0.2, 0.25) is 0 Å². The van der Waals surface area contributed by atoms with E-state index in [0.717, 1.165) is 44.3 Å². The van der Waals surface area contributed by atoms with Gasteiger partial charge in [-0.05, 0) is 75.4 Å². The van der Waals surface area contributed by atoms with Crippen LogP contribution in [0.5, 0.6) is 0 Å². The van der Waals surface area contributed by atoms with E-state index in [1.807, 2.05) is 12.1 Å². The number of nitrogen functional groups attached to an aromatic ring is 1. The Morgan fingerprint density at radius 1 is 1.06 bits per heavy atom. The van der Waals surface area contributed by atoms with Gasteiger partial charge in [0.05, 0.1) is 6.04 Å². The van der Waals surface area contributed by atoms with Crippen LogP contribution in [0.25, 0.3) is 11.3 Å². The van der Waals surface area contributed by atoms with Crippen molar-refractivity contribution in [2.45, 2.75) is 45.6 Å². The predicted octanol–water partition coefficient (Wildman–Crippen LogP) is 3.90. The van der Waals surface area contributed by atoms with Crippen LogP contribution < -0.4 is 11.5 Å². The number of rotatable bonds is 6. The maximum atomic E-state index is 12.2. The maximum Gasteiger partial charge on any atom is 0.254 e. The van der Waals surface area contributed by atoms with Gasteiger partial charge in [0.15, 0.2) is 0 Å². The van der Waals surface area contributed by atoms with Gasteiger partial charge in [-0.25, -0.2) is 4.68 Å². The monoisotopic (exact) mass is 431 g/mol. The SMILES string of the molecule is Cc1ccc(CCc2ccc(-c3nn(C4CCCN(C)C4)c(N)c3C(N)=O)cc2)cc1C. The molecule has 1 aromatic heterocycles. The molecule has 1 aliphatic heterocycles. The zero-order chi connectivity index (χ0) is 22.8. The predicted molar refractivity (Wildman–Crippen MR) is 130 cm³/mol. The minimum atomic E-state index is -0.535. The molecule has 4 N–H and O–H groups in total. The second-order valence-corrected chi connectivity index (χ2v) is 9.09. The third-order valence-corrected chi connectivity index (χ3v) is 6.64. The lowest BCUT2D eigenvalue weighted by Gasteiger charge is -2.30. The van der Waals surface area contributed by atoms with E-state index in [9.17, 15) is 4.79 Å². The van der Waals surface area contributed by atoms with Gasteiger partial charge >= 0.3 is 0 Å². The second-order valence-electron chi connectivity index (χ2n) is 9.09. The molecular formula is C26H33N5O. The van der Waals surface area contributed by atoms with Crippen LogP contribution in [0.15, 0.2) is 42.5 Å². The summed E-state index contributed by atoms with van der Waals surface area (Å²) in [5, 5.41) is 4.76. The number of carbonyl (C=O) groups excluding carboxylic acids is 1. The number of primary amides is 1. The van der Waals surface area contributed by atoms with Crippen LogP contribution in [0, 0.1) is 13.8 Å². The van der Waals surface area contributed by atoms with Crippen LogP contribution in [-0.4, -0.2) is 40.7 Å². The number of carbonyl (C=O) groups is 1. The molecular weight excluding hydrogens is 398 g/mol. The van der Waals surface area contributed by atoms with E-state index in [4.69, 9.17) is 16.6 Å². The van der Waals surface area contributed by atoms with Crippen LogP contribution in [0.4, 0.5) is 5.82 Å². The van der Waals surface area contributed by atoms with E-state index in [2.05, 4.69) is 56.1 Å². The lowest BCUT2D eigenvalue weighted by molar-refractivity contribution is 0.100. The summed E-state index contributed by atoms with van der Waals surface area (Å²) in [7, 11) is 2.10. The van der Waals surface area contributed by atoms with Gasteiger partial charge in [-0.2, -0.15) is 5.10 Å². The van der Waals surface area contributed by atoms with Gasteiger partial charge in [0.25, 0.3) is 5.91 Å². The van der Waals surface area contributed by atoms with Crippen molar-refractivity contribution in [1.82, 2.24) is 14.7 Å². The molecule has 1 unspecified atom stereocenters. The summed E-state index contributed by atoms with van der Waals surface area (Å²) in [6.45, 7) is 6.22. The summed E-state index contributed by atoms with van der Waals surface area (Å²) in [5.41, 5.74) is 19.1. The third kappa shape index (κ3) is 4.55. The van der Waals surface area contributed by atoms with Gasteiger partial charge in [0.2, 0.25) is 0 Å². The Morgan fingerprint density at radius 3 is 2.41 bits per heavy atom. The number of aromatic nitrogens is 2. The molecule has 3 aromatic rings. The van der Waals surface area contributed by atoms with Crippen molar-refractivity contribution in [2.75, 3.05) is 25.9 Å². The standard InChI is InChI=1S/C26H33N5O/c1-17-6-7-20(15-18(17)2)9-8-19-10-12-21(13-11-19)24-23(26(28)32)25(27)31(29-24)22-5-4-14-30(3)16-22/h6-7,10-13,15,22H,4-5,8-9,14,16,27H2,1-3H3,(H2,28,32). The Bertz CT molecular complexity index is 1120. The minimum Gasteiger partial charge on any atom is -0.383 e. The number of hydrogen-bond acceptors (Lipinski definition) is 4. The lowest BCUT2D eigenvalue weighted by Crippen LogP contribution is -2.34. The highest BCUT2D eigenvalue weighted by Gasteiger charge is 2.27. The summed E-state index contributed by atoms with van der Waals surface area (Å²) in [6.07, 6.45) is 4.02. The highest BCUT2D eigenvalue weighted by Crippen LogP contribution is 2.32. The number of hydrogen-bond donors (Lipinski definition) is 2. The van der Waals surface area contributed by atoms with Crippen molar-refractivity contribution in [3.63, 3.8) is 0 Å². The smallest absolute Gasteiger partial charge is 0.254 e. The van der Waals surface area contributed by atoms with Crippen LogP contribution >= 0.6 is 0 Å². The molecule has 2 aromatic carbocycles. The number of likely N-dealkylation sites (tertiary alicyclic amines) is 1. The van der Waals surface area contributed by atoms with Gasteiger partial charge in [-0.3, -0.25) is 4.79 Å². The zero-order valence-electron chi connectivity index (χ0n) is 19.3. The first-order valence-electron chi connectivity index (χ1n) is 11.3. The number of benzene rings is 2. The van der Waals surface area contributed by atoms with E-state index in [1.165, 1.54) is 22.3 Å². The summed E-state index contributed by atoms with van der Waals surface area (Å²) < 4.78 is 1.80. The summed E-state index contributed by atoms with van der Waals surface area (Å²) in [4.78, 5) is 14.5. The van der Waals surface area contributed by atoms with Crippen molar-refractivity contribution >= 4 is 11.7 Å². The second kappa shape index (κ2) is 9.17. The number of piperidine rings is 1. The van der Waals surface area contributed by atoms with Gasteiger partial charge in [0.1, 0.15) is 17.1 Å². The van der Waals surface area contributed by atoms with E-state index in [0.29, 0.717) is 17.1 Å². The summed E-state index contributed by atoms with van der Waals surface area (Å²) in [5.74, 6) is -0.168. The minimum absolute atomic E-state index is 0.151. The van der Waals surface area contributed by atoms with Crippen molar-refractivity contribution in [3.8, 4) is 11.3 Å². The first-order chi connectivity index (χ1) is 15.3. The van der Waals surface area contributed by atoms with Crippen molar-refractivity contribution in [3.05, 3.63) is 70.3 Å². The van der Waals surface area contributed by atoms with Crippen molar-refractivity contribution < 1.29 is 4.79 Å². The molecule has 6 nitrogen and oxygen atoms in total. The zero-order valence-corrected chi connectivity index (χ0v) is 19.3. The Labute approximate surface area is 190 Å². The number of anilines is 1. The maximum absolute atomic E-state index is 12.2. The fraction of sp³-hybridized carbons (Fsp3) is 0.385. The van der Waals surface area contributed by atoms with E-state index in [-0.39, 0.29) is 6.04 Å². The normalized spacial score (nSPS) is 16.9. The summed E-state index contributed by atoms with van der Waals surface area (Å²) >= 11 is 0. The Morgan fingerprint density at radius 2 is 1.75 bits per heavy atom. The molecule has 0 saturated carbocycles. The molecule has 0 spiro atoms. The molecule has 168 valence electrons. The highest BCUT2D eigenvalue weighted by atomic mass is 16.1. The molecule has 0 aliphatic carbocycles. The van der Waals surface area contributed by atoms with Gasteiger partial charge in [0, 0.05) is 12.1 Å². The molecule has 2 heterocycles. The lowest BCUT2D eigenvalue weighted by atomic mass is 9.99. The third-order valence-electron chi connectivity index (χ3n) is 6.64.